The average Bonchev–Trinajstić information content (AvgIpc) is 3.27. The van der Waals surface area contributed by atoms with Crippen molar-refractivity contribution in [3.8, 4) is 17.0 Å². The van der Waals surface area contributed by atoms with Crippen LogP contribution in [0.4, 0.5) is 5.82 Å². The van der Waals surface area contributed by atoms with Crippen LogP contribution in [-0.2, 0) is 13.1 Å². The fourth-order valence-electron chi connectivity index (χ4n) is 4.48. The molecule has 0 saturated heterocycles. The van der Waals surface area contributed by atoms with Crippen LogP contribution in [0.2, 0.25) is 5.02 Å². The van der Waals surface area contributed by atoms with Crippen LogP contribution >= 0.6 is 27.5 Å². The number of nitrogens with zero attached hydrogens (tertiary/aromatic N) is 6. The van der Waals surface area contributed by atoms with E-state index in [1.807, 2.05) is 36.4 Å². The van der Waals surface area contributed by atoms with E-state index in [4.69, 9.17) is 27.4 Å². The van der Waals surface area contributed by atoms with Gasteiger partial charge in [0.15, 0.2) is 5.65 Å². The third-order valence-corrected chi connectivity index (χ3v) is 7.30. The third-order valence-electron chi connectivity index (χ3n) is 6.27. The van der Waals surface area contributed by atoms with Gasteiger partial charge in [0, 0.05) is 15.1 Å². The maximum Gasteiger partial charge on any atom is 0.262 e. The fourth-order valence-corrected chi connectivity index (χ4v) is 5.20. The van der Waals surface area contributed by atoms with Gasteiger partial charge in [-0.25, -0.2) is 19.6 Å². The molecule has 3 heterocycles. The Hall–Kier alpha value is -4.28. The molecule has 0 aliphatic rings. The van der Waals surface area contributed by atoms with Crippen molar-refractivity contribution in [1.29, 1.82) is 0 Å². The first-order valence-electron chi connectivity index (χ1n) is 11.6. The van der Waals surface area contributed by atoms with Crippen LogP contribution in [0.15, 0.2) is 82.3 Å². The number of fused-ring (bicyclic) bond motifs is 2. The van der Waals surface area contributed by atoms with Crippen LogP contribution < -0.4 is 11.3 Å². The number of nitrogens with two attached hydrogens (primary N) is 1. The number of rotatable bonds is 5. The number of hydrogen-bond donors (Lipinski definition) is 2. The highest BCUT2D eigenvalue weighted by Gasteiger charge is 2.21. The standard InChI is InChI=1S/C27H19BrClN7O2.CH4/c28-18-8-4-10-20-22(18)27(38)35(12-16-5-1-2-9-19(16)29)21(33-20)13-36-26-23(25(30)31-14-32-26)24(34-36)15-6-3-7-17(37)11-15;/h1-11,14,37H,12-13H2,(H2,30,31,32);1H4. The Morgan fingerprint density at radius 1 is 0.974 bits per heavy atom. The normalized spacial score (nSPS) is 11.1. The number of anilines is 1. The van der Waals surface area contributed by atoms with Gasteiger partial charge in [-0.2, -0.15) is 5.10 Å². The lowest BCUT2D eigenvalue weighted by atomic mass is 10.1. The van der Waals surface area contributed by atoms with Gasteiger partial charge in [-0.1, -0.05) is 55.4 Å². The molecule has 39 heavy (non-hydrogen) atoms. The van der Waals surface area contributed by atoms with E-state index in [0.717, 1.165) is 5.56 Å². The summed E-state index contributed by atoms with van der Waals surface area (Å²) in [4.78, 5) is 27.2. The zero-order valence-corrected chi connectivity index (χ0v) is 22.1. The second-order valence-electron chi connectivity index (χ2n) is 8.66. The molecule has 0 amide bonds. The van der Waals surface area contributed by atoms with E-state index >= 15 is 0 Å². The number of phenolic OH excluding ortho intramolecular Hbond substituents is 1. The van der Waals surface area contributed by atoms with Crippen LogP contribution in [0.1, 0.15) is 18.8 Å². The Kier molecular flexibility index (Phi) is 7.07. The summed E-state index contributed by atoms with van der Waals surface area (Å²) in [7, 11) is 0. The summed E-state index contributed by atoms with van der Waals surface area (Å²) < 4.78 is 3.89. The van der Waals surface area contributed by atoms with Gasteiger partial charge in [0.2, 0.25) is 0 Å². The van der Waals surface area contributed by atoms with Gasteiger partial charge in [-0.05, 0) is 51.8 Å². The van der Waals surface area contributed by atoms with Crippen LogP contribution in [0.5, 0.6) is 5.75 Å². The van der Waals surface area contributed by atoms with E-state index in [2.05, 4.69) is 25.9 Å². The molecule has 3 aromatic carbocycles. The first-order valence-corrected chi connectivity index (χ1v) is 12.8. The monoisotopic (exact) mass is 603 g/mol. The molecule has 0 saturated carbocycles. The summed E-state index contributed by atoms with van der Waals surface area (Å²) in [5.74, 6) is 0.809. The van der Waals surface area contributed by atoms with Crippen molar-refractivity contribution in [2.75, 3.05) is 5.73 Å². The lowest BCUT2D eigenvalue weighted by Crippen LogP contribution is -2.28. The van der Waals surface area contributed by atoms with Gasteiger partial charge in [0.05, 0.1) is 22.8 Å². The number of benzene rings is 3. The second kappa shape index (κ2) is 10.5. The predicted molar refractivity (Wildman–Crippen MR) is 157 cm³/mol. The molecule has 0 atom stereocenters. The minimum Gasteiger partial charge on any atom is -0.508 e. The highest BCUT2D eigenvalue weighted by atomic mass is 79.9. The largest absolute Gasteiger partial charge is 0.508 e. The molecule has 0 unspecified atom stereocenters. The number of hydrogen-bond acceptors (Lipinski definition) is 7. The van der Waals surface area contributed by atoms with Gasteiger partial charge in [-0.3, -0.25) is 9.36 Å². The highest BCUT2D eigenvalue weighted by Crippen LogP contribution is 2.32. The quantitative estimate of drug-likeness (QED) is 0.261. The molecule has 0 radical (unpaired) electrons. The summed E-state index contributed by atoms with van der Waals surface area (Å²) >= 11 is 9.95. The van der Waals surface area contributed by atoms with Gasteiger partial charge in [0.25, 0.3) is 5.56 Å². The van der Waals surface area contributed by atoms with Crippen molar-refractivity contribution >= 4 is 55.3 Å². The zero-order valence-electron chi connectivity index (χ0n) is 19.7. The Bertz CT molecular complexity index is 1920. The van der Waals surface area contributed by atoms with Crippen molar-refractivity contribution in [3.63, 3.8) is 0 Å². The molecule has 9 nitrogen and oxygen atoms in total. The van der Waals surface area contributed by atoms with E-state index < -0.39 is 0 Å². The summed E-state index contributed by atoms with van der Waals surface area (Å²) in [6, 6.07) is 19.5. The second-order valence-corrected chi connectivity index (χ2v) is 9.92. The minimum atomic E-state index is -0.212. The summed E-state index contributed by atoms with van der Waals surface area (Å²) in [5.41, 5.74) is 9.00. The Balaban J connectivity index is 0.00000308. The van der Waals surface area contributed by atoms with Crippen molar-refractivity contribution < 1.29 is 5.11 Å². The van der Waals surface area contributed by atoms with E-state index in [-0.39, 0.29) is 37.6 Å². The van der Waals surface area contributed by atoms with Crippen molar-refractivity contribution in [2.45, 2.75) is 20.5 Å². The first kappa shape index (κ1) is 26.3. The van der Waals surface area contributed by atoms with E-state index in [9.17, 15) is 9.90 Å². The summed E-state index contributed by atoms with van der Waals surface area (Å²) in [5, 5.41) is 16.4. The summed E-state index contributed by atoms with van der Waals surface area (Å²) in [6.07, 6.45) is 1.36. The zero-order chi connectivity index (χ0) is 26.4. The van der Waals surface area contributed by atoms with E-state index in [0.29, 0.717) is 48.5 Å². The number of halogens is 2. The van der Waals surface area contributed by atoms with Gasteiger partial charge in [0.1, 0.15) is 36.0 Å². The van der Waals surface area contributed by atoms with Crippen molar-refractivity contribution in [1.82, 2.24) is 29.3 Å². The molecule has 6 rings (SSSR count). The first-order chi connectivity index (χ1) is 18.4. The van der Waals surface area contributed by atoms with Crippen LogP contribution in [0.3, 0.4) is 0 Å². The SMILES string of the molecule is C.Nc1ncnc2c1c(-c1cccc(O)c1)nn2Cc1nc2cccc(Br)c2c(=O)n1Cc1ccccc1Cl. The molecule has 0 fully saturated rings. The predicted octanol–water partition coefficient (Wildman–Crippen LogP) is 5.64. The molecule has 0 aliphatic carbocycles. The minimum absolute atomic E-state index is 0. The van der Waals surface area contributed by atoms with E-state index in [1.165, 1.54) is 6.33 Å². The number of phenols is 1. The maximum atomic E-state index is 13.8. The Morgan fingerprint density at radius 3 is 2.56 bits per heavy atom. The highest BCUT2D eigenvalue weighted by molar-refractivity contribution is 9.10. The molecule has 3 N–H and O–H groups in total. The topological polar surface area (TPSA) is 125 Å². The Morgan fingerprint density at radius 2 is 1.77 bits per heavy atom. The number of aromatic hydroxyl groups is 1. The van der Waals surface area contributed by atoms with Gasteiger partial charge >= 0.3 is 0 Å². The lowest BCUT2D eigenvalue weighted by Gasteiger charge is -2.15. The van der Waals surface area contributed by atoms with Crippen LogP contribution in [-0.4, -0.2) is 34.4 Å². The molecule has 11 heteroatoms. The molecule has 196 valence electrons. The molecule has 3 aromatic heterocycles. The van der Waals surface area contributed by atoms with E-state index in [1.54, 1.807) is 39.6 Å². The smallest absolute Gasteiger partial charge is 0.262 e. The molecular formula is C28H23BrClN7O2. The van der Waals surface area contributed by atoms with Gasteiger partial charge < -0.3 is 10.8 Å². The molecule has 0 spiro atoms. The van der Waals surface area contributed by atoms with Crippen molar-refractivity contribution in [3.05, 3.63) is 104 Å². The number of nitrogen functional groups attached to an aromatic ring is 1. The van der Waals surface area contributed by atoms with Crippen molar-refractivity contribution in [2.24, 2.45) is 0 Å². The average molecular weight is 605 g/mol. The van der Waals surface area contributed by atoms with Gasteiger partial charge in [-0.15, -0.1) is 0 Å². The molecule has 6 aromatic rings. The summed E-state index contributed by atoms with van der Waals surface area (Å²) in [6.45, 7) is 0.335. The maximum absolute atomic E-state index is 13.8. The molecule has 0 bridgehead atoms. The third kappa shape index (κ3) is 4.73. The fraction of sp³-hybridized carbons (Fsp3) is 0.107. The number of aromatic nitrogens is 6. The molecular weight excluding hydrogens is 582 g/mol. The molecule has 0 aliphatic heterocycles. The Labute approximate surface area is 236 Å². The lowest BCUT2D eigenvalue weighted by molar-refractivity contribution is 0.475. The van der Waals surface area contributed by atoms with Crippen LogP contribution in [0, 0.1) is 0 Å². The van der Waals surface area contributed by atoms with Crippen LogP contribution in [0.25, 0.3) is 33.2 Å².